The Morgan fingerprint density at radius 2 is 1.94 bits per heavy atom. The van der Waals surface area contributed by atoms with Gasteiger partial charge in [-0.3, -0.25) is 4.79 Å². The first kappa shape index (κ1) is 22.8. The number of amides is 1. The van der Waals surface area contributed by atoms with E-state index in [1.165, 1.54) is 15.6 Å². The SMILES string of the molecule is Cc1ccc(S(=O)(=O)N2CCC[C@@H](c3nnc(C(=O)Nc4ccc5c(c4)OCO5)s3)C2)c(C)c1. The minimum atomic E-state index is -3.62. The van der Waals surface area contributed by atoms with Gasteiger partial charge in [-0.2, -0.15) is 4.31 Å². The number of ether oxygens (including phenoxy) is 2. The van der Waals surface area contributed by atoms with Gasteiger partial charge in [0, 0.05) is 30.8 Å². The summed E-state index contributed by atoms with van der Waals surface area (Å²) in [5.74, 6) is 0.717. The number of benzene rings is 2. The molecule has 1 amide bonds. The van der Waals surface area contributed by atoms with E-state index in [1.807, 2.05) is 26.0 Å². The molecule has 11 heteroatoms. The van der Waals surface area contributed by atoms with Crippen molar-refractivity contribution in [2.75, 3.05) is 25.2 Å². The number of carbonyl (C=O) groups is 1. The van der Waals surface area contributed by atoms with Crippen LogP contribution in [0.3, 0.4) is 0 Å². The number of aryl methyl sites for hydroxylation is 2. The van der Waals surface area contributed by atoms with E-state index in [-0.39, 0.29) is 23.6 Å². The number of aromatic nitrogens is 2. The van der Waals surface area contributed by atoms with Crippen LogP contribution < -0.4 is 14.8 Å². The van der Waals surface area contributed by atoms with Crippen LogP contribution in [-0.4, -0.2) is 48.7 Å². The van der Waals surface area contributed by atoms with Crippen LogP contribution in [0.4, 0.5) is 5.69 Å². The molecule has 3 aromatic rings. The normalized spacial score (nSPS) is 18.1. The van der Waals surface area contributed by atoms with Gasteiger partial charge in [-0.15, -0.1) is 10.2 Å². The first-order valence-corrected chi connectivity index (χ1v) is 13.2. The predicted octanol–water partition coefficient (Wildman–Crippen LogP) is 3.70. The molecule has 5 rings (SSSR count). The van der Waals surface area contributed by atoms with E-state index in [1.54, 1.807) is 24.3 Å². The van der Waals surface area contributed by atoms with Crippen molar-refractivity contribution < 1.29 is 22.7 Å². The average molecular weight is 501 g/mol. The molecule has 0 radical (unpaired) electrons. The van der Waals surface area contributed by atoms with E-state index in [2.05, 4.69) is 15.5 Å². The number of nitrogens with zero attached hydrogens (tertiary/aromatic N) is 3. The number of carbonyl (C=O) groups excluding carboxylic acids is 1. The van der Waals surface area contributed by atoms with Crippen LogP contribution in [0.15, 0.2) is 41.3 Å². The van der Waals surface area contributed by atoms with Crippen LogP contribution >= 0.6 is 11.3 Å². The van der Waals surface area contributed by atoms with Gasteiger partial charge in [0.1, 0.15) is 5.01 Å². The maximum atomic E-state index is 13.3. The number of nitrogens with one attached hydrogen (secondary N) is 1. The van der Waals surface area contributed by atoms with E-state index in [4.69, 9.17) is 9.47 Å². The van der Waals surface area contributed by atoms with Gasteiger partial charge in [-0.05, 0) is 50.5 Å². The zero-order valence-electron chi connectivity index (χ0n) is 18.8. The summed E-state index contributed by atoms with van der Waals surface area (Å²) in [4.78, 5) is 13.0. The lowest BCUT2D eigenvalue weighted by molar-refractivity contribution is 0.102. The zero-order valence-corrected chi connectivity index (χ0v) is 20.4. The number of sulfonamides is 1. The molecule has 0 spiro atoms. The monoisotopic (exact) mass is 500 g/mol. The summed E-state index contributed by atoms with van der Waals surface area (Å²) in [7, 11) is -3.62. The van der Waals surface area contributed by atoms with Gasteiger partial charge in [-0.1, -0.05) is 29.0 Å². The fourth-order valence-corrected chi connectivity index (χ4v) is 6.83. The first-order valence-electron chi connectivity index (χ1n) is 10.9. The molecule has 1 atom stereocenters. The van der Waals surface area contributed by atoms with Crippen LogP contribution in [0, 0.1) is 13.8 Å². The number of anilines is 1. The molecule has 3 heterocycles. The molecule has 0 bridgehead atoms. The van der Waals surface area contributed by atoms with Crippen molar-refractivity contribution in [2.45, 2.75) is 37.5 Å². The summed E-state index contributed by atoms with van der Waals surface area (Å²) in [6.07, 6.45) is 1.50. The molecule has 34 heavy (non-hydrogen) atoms. The topological polar surface area (TPSA) is 111 Å². The van der Waals surface area contributed by atoms with E-state index in [0.717, 1.165) is 17.5 Å². The standard InChI is InChI=1S/C23H24N4O5S2/c1-14-5-8-20(15(2)10-14)34(29,30)27-9-3-4-16(12-27)22-25-26-23(33-22)21(28)24-17-6-7-18-19(11-17)32-13-31-18/h5-8,10-11,16H,3-4,9,12-13H2,1-2H3,(H,24,28)/t16-/m1/s1. The quantitative estimate of drug-likeness (QED) is 0.569. The van der Waals surface area contributed by atoms with Crippen molar-refractivity contribution in [2.24, 2.45) is 0 Å². The van der Waals surface area contributed by atoms with Crippen molar-refractivity contribution in [3.05, 3.63) is 57.5 Å². The van der Waals surface area contributed by atoms with Gasteiger partial charge < -0.3 is 14.8 Å². The van der Waals surface area contributed by atoms with Gasteiger partial charge in [0.15, 0.2) is 11.5 Å². The Bertz CT molecular complexity index is 1360. The van der Waals surface area contributed by atoms with Crippen LogP contribution in [0.5, 0.6) is 11.5 Å². The zero-order chi connectivity index (χ0) is 23.9. The molecule has 1 fully saturated rings. The molecule has 0 aliphatic carbocycles. The van der Waals surface area contributed by atoms with E-state index < -0.39 is 10.0 Å². The molecule has 2 aliphatic rings. The Hall–Kier alpha value is -3.02. The molecule has 2 aliphatic heterocycles. The van der Waals surface area contributed by atoms with Crippen molar-refractivity contribution in [1.29, 1.82) is 0 Å². The van der Waals surface area contributed by atoms with E-state index in [9.17, 15) is 13.2 Å². The van der Waals surface area contributed by atoms with Crippen molar-refractivity contribution >= 4 is 33.0 Å². The number of fused-ring (bicyclic) bond motifs is 1. The minimum absolute atomic E-state index is 0.112. The highest BCUT2D eigenvalue weighted by Crippen LogP contribution is 2.35. The maximum Gasteiger partial charge on any atom is 0.286 e. The highest BCUT2D eigenvalue weighted by molar-refractivity contribution is 7.89. The van der Waals surface area contributed by atoms with Crippen LogP contribution in [0.1, 0.15) is 44.7 Å². The number of hydrogen-bond acceptors (Lipinski definition) is 8. The van der Waals surface area contributed by atoms with Gasteiger partial charge in [-0.25, -0.2) is 8.42 Å². The summed E-state index contributed by atoms with van der Waals surface area (Å²) >= 11 is 1.19. The molecule has 1 aromatic heterocycles. The van der Waals surface area contributed by atoms with Gasteiger partial charge >= 0.3 is 0 Å². The number of piperidine rings is 1. The molecular formula is C23H24N4O5S2. The highest BCUT2D eigenvalue weighted by atomic mass is 32.2. The van der Waals surface area contributed by atoms with E-state index in [0.29, 0.717) is 46.6 Å². The molecule has 0 unspecified atom stereocenters. The predicted molar refractivity (Wildman–Crippen MR) is 127 cm³/mol. The summed E-state index contributed by atoms with van der Waals surface area (Å²) < 4.78 is 38.8. The summed E-state index contributed by atoms with van der Waals surface area (Å²) in [5, 5.41) is 12.0. The fourth-order valence-electron chi connectivity index (χ4n) is 4.24. The molecule has 0 saturated carbocycles. The third kappa shape index (κ3) is 4.38. The second-order valence-corrected chi connectivity index (χ2v) is 11.4. The highest BCUT2D eigenvalue weighted by Gasteiger charge is 2.33. The minimum Gasteiger partial charge on any atom is -0.454 e. The maximum absolute atomic E-state index is 13.3. The van der Waals surface area contributed by atoms with Crippen molar-refractivity contribution in [3.63, 3.8) is 0 Å². The second-order valence-electron chi connectivity index (χ2n) is 8.44. The Morgan fingerprint density at radius 3 is 2.76 bits per heavy atom. The van der Waals surface area contributed by atoms with Gasteiger partial charge in [0.25, 0.3) is 5.91 Å². The third-order valence-corrected chi connectivity index (χ3v) is 9.06. The summed E-state index contributed by atoms with van der Waals surface area (Å²) in [6, 6.07) is 10.5. The van der Waals surface area contributed by atoms with E-state index >= 15 is 0 Å². The fraction of sp³-hybridized carbons (Fsp3) is 0.348. The second kappa shape index (κ2) is 8.97. The van der Waals surface area contributed by atoms with Crippen LogP contribution in [0.25, 0.3) is 0 Å². The smallest absolute Gasteiger partial charge is 0.286 e. The van der Waals surface area contributed by atoms with Crippen molar-refractivity contribution in [3.8, 4) is 11.5 Å². The van der Waals surface area contributed by atoms with Crippen LogP contribution in [-0.2, 0) is 10.0 Å². The lowest BCUT2D eigenvalue weighted by Gasteiger charge is -2.31. The lowest BCUT2D eigenvalue weighted by Crippen LogP contribution is -2.39. The van der Waals surface area contributed by atoms with Crippen LogP contribution in [0.2, 0.25) is 0 Å². The van der Waals surface area contributed by atoms with Crippen molar-refractivity contribution in [1.82, 2.24) is 14.5 Å². The largest absolute Gasteiger partial charge is 0.454 e. The lowest BCUT2D eigenvalue weighted by atomic mass is 10.0. The molecular weight excluding hydrogens is 476 g/mol. The Morgan fingerprint density at radius 1 is 1.12 bits per heavy atom. The summed E-state index contributed by atoms with van der Waals surface area (Å²) in [6.45, 7) is 4.69. The van der Waals surface area contributed by atoms with Gasteiger partial charge in [0.2, 0.25) is 21.8 Å². The first-order chi connectivity index (χ1) is 16.3. The molecule has 9 nitrogen and oxygen atoms in total. The number of hydrogen-bond donors (Lipinski definition) is 1. The Labute approximate surface area is 201 Å². The Kier molecular flexibility index (Phi) is 6.00. The molecule has 1 saturated heterocycles. The summed E-state index contributed by atoms with van der Waals surface area (Å²) in [5.41, 5.74) is 2.32. The molecule has 1 N–H and O–H groups in total. The average Bonchev–Trinajstić information content (AvgIpc) is 3.48. The third-order valence-electron chi connectivity index (χ3n) is 5.95. The Balaban J connectivity index is 1.29. The number of rotatable bonds is 5. The molecule has 178 valence electrons. The molecule has 2 aromatic carbocycles. The van der Waals surface area contributed by atoms with Gasteiger partial charge in [0.05, 0.1) is 4.90 Å².